The van der Waals surface area contributed by atoms with Crippen molar-refractivity contribution in [1.29, 1.82) is 0 Å². The van der Waals surface area contributed by atoms with E-state index in [9.17, 15) is 9.90 Å². The predicted molar refractivity (Wildman–Crippen MR) is 53.0 cm³/mol. The van der Waals surface area contributed by atoms with Crippen molar-refractivity contribution in [2.75, 3.05) is 19.6 Å². The quantitative estimate of drug-likeness (QED) is 0.643. The Morgan fingerprint density at radius 3 is 2.86 bits per heavy atom. The van der Waals surface area contributed by atoms with E-state index < -0.39 is 5.97 Å². The number of carboxylic acids is 1. The lowest BCUT2D eigenvalue weighted by Gasteiger charge is -2.33. The zero-order valence-corrected chi connectivity index (χ0v) is 8.39. The molecule has 1 aliphatic rings. The standard InChI is InChI=1S/C10H17NO3/c1-8-5-9(12)7-11(6-8)4-2-3-10(13)14/h2-3,8-9,12H,4-7H2,1H3,(H,13,14)/b3-2+/t8-,9+/m1/s1. The highest BCUT2D eigenvalue weighted by Gasteiger charge is 2.21. The van der Waals surface area contributed by atoms with Crippen molar-refractivity contribution in [3.05, 3.63) is 12.2 Å². The van der Waals surface area contributed by atoms with Crippen molar-refractivity contribution in [2.45, 2.75) is 19.4 Å². The van der Waals surface area contributed by atoms with Crippen molar-refractivity contribution in [2.24, 2.45) is 5.92 Å². The fourth-order valence-electron chi connectivity index (χ4n) is 1.88. The lowest BCUT2D eigenvalue weighted by atomic mass is 9.98. The van der Waals surface area contributed by atoms with E-state index in [0.29, 0.717) is 19.0 Å². The minimum absolute atomic E-state index is 0.267. The van der Waals surface area contributed by atoms with Gasteiger partial charge in [0.2, 0.25) is 0 Å². The molecule has 1 aliphatic heterocycles. The van der Waals surface area contributed by atoms with E-state index in [1.165, 1.54) is 0 Å². The van der Waals surface area contributed by atoms with Gasteiger partial charge in [-0.2, -0.15) is 0 Å². The van der Waals surface area contributed by atoms with Gasteiger partial charge < -0.3 is 10.2 Å². The number of nitrogens with zero attached hydrogens (tertiary/aromatic N) is 1. The minimum Gasteiger partial charge on any atom is -0.478 e. The molecule has 0 bridgehead atoms. The zero-order valence-electron chi connectivity index (χ0n) is 8.39. The highest BCUT2D eigenvalue weighted by Crippen LogP contribution is 2.15. The van der Waals surface area contributed by atoms with Gasteiger partial charge in [-0.25, -0.2) is 4.79 Å². The molecule has 0 spiro atoms. The molecule has 1 saturated heterocycles. The van der Waals surface area contributed by atoms with Crippen LogP contribution >= 0.6 is 0 Å². The minimum atomic E-state index is -0.921. The first-order valence-electron chi connectivity index (χ1n) is 4.88. The first-order chi connectivity index (χ1) is 6.58. The molecule has 0 amide bonds. The number of likely N-dealkylation sites (tertiary alicyclic amines) is 1. The maximum absolute atomic E-state index is 10.2. The fraction of sp³-hybridized carbons (Fsp3) is 0.700. The van der Waals surface area contributed by atoms with E-state index in [0.717, 1.165) is 19.0 Å². The summed E-state index contributed by atoms with van der Waals surface area (Å²) in [7, 11) is 0. The summed E-state index contributed by atoms with van der Waals surface area (Å²) < 4.78 is 0. The number of hydrogen-bond acceptors (Lipinski definition) is 3. The molecule has 0 aromatic rings. The molecule has 0 aromatic carbocycles. The molecule has 0 aromatic heterocycles. The number of rotatable bonds is 3. The van der Waals surface area contributed by atoms with Crippen LogP contribution in [-0.4, -0.2) is 46.8 Å². The molecule has 4 nitrogen and oxygen atoms in total. The van der Waals surface area contributed by atoms with E-state index in [1.54, 1.807) is 6.08 Å². The van der Waals surface area contributed by atoms with E-state index in [2.05, 4.69) is 11.8 Å². The molecule has 2 N–H and O–H groups in total. The lowest BCUT2D eigenvalue weighted by Crippen LogP contribution is -2.42. The van der Waals surface area contributed by atoms with Gasteiger partial charge in [-0.05, 0) is 12.3 Å². The Morgan fingerprint density at radius 1 is 1.57 bits per heavy atom. The normalized spacial score (nSPS) is 29.6. The molecular formula is C10H17NO3. The summed E-state index contributed by atoms with van der Waals surface area (Å²) in [5.74, 6) is -0.437. The first-order valence-corrected chi connectivity index (χ1v) is 4.88. The molecule has 0 radical (unpaired) electrons. The Labute approximate surface area is 83.8 Å². The Bertz CT molecular complexity index is 217. The molecule has 0 aliphatic carbocycles. The second-order valence-electron chi connectivity index (χ2n) is 3.95. The largest absolute Gasteiger partial charge is 0.478 e. The molecule has 80 valence electrons. The average molecular weight is 199 g/mol. The number of carbonyl (C=O) groups is 1. The highest BCUT2D eigenvalue weighted by molar-refractivity contribution is 5.79. The van der Waals surface area contributed by atoms with E-state index in [-0.39, 0.29) is 6.10 Å². The molecule has 1 heterocycles. The molecule has 1 rings (SSSR count). The van der Waals surface area contributed by atoms with Crippen LogP contribution in [0.5, 0.6) is 0 Å². The maximum Gasteiger partial charge on any atom is 0.328 e. The Morgan fingerprint density at radius 2 is 2.29 bits per heavy atom. The smallest absolute Gasteiger partial charge is 0.328 e. The second kappa shape index (κ2) is 5.12. The van der Waals surface area contributed by atoms with E-state index in [4.69, 9.17) is 5.11 Å². The number of piperidine rings is 1. The Hall–Kier alpha value is -0.870. The average Bonchev–Trinajstić information content (AvgIpc) is 2.01. The van der Waals surface area contributed by atoms with Crippen LogP contribution < -0.4 is 0 Å². The Kier molecular flexibility index (Phi) is 4.10. The maximum atomic E-state index is 10.2. The van der Waals surface area contributed by atoms with E-state index in [1.807, 2.05) is 0 Å². The number of β-amino-alcohol motifs (C(OH)–C–C–N with tert-alkyl or cyclic N) is 1. The number of hydrogen-bond donors (Lipinski definition) is 2. The molecule has 0 unspecified atom stereocenters. The van der Waals surface area contributed by atoms with E-state index >= 15 is 0 Å². The monoisotopic (exact) mass is 199 g/mol. The van der Waals surface area contributed by atoms with Crippen molar-refractivity contribution in [1.82, 2.24) is 4.90 Å². The topological polar surface area (TPSA) is 60.8 Å². The molecule has 1 fully saturated rings. The van der Waals surface area contributed by atoms with Gasteiger partial charge in [0.05, 0.1) is 6.10 Å². The first kappa shape index (κ1) is 11.2. The second-order valence-corrected chi connectivity index (χ2v) is 3.95. The van der Waals surface area contributed by atoms with Gasteiger partial charge in [-0.15, -0.1) is 0 Å². The molecule has 4 heteroatoms. The zero-order chi connectivity index (χ0) is 10.6. The van der Waals surface area contributed by atoms with Crippen LogP contribution in [-0.2, 0) is 4.79 Å². The Balaban J connectivity index is 2.33. The molecule has 2 atom stereocenters. The van der Waals surface area contributed by atoms with Gasteiger partial charge >= 0.3 is 5.97 Å². The molecular weight excluding hydrogens is 182 g/mol. The van der Waals surface area contributed by atoms with Crippen molar-refractivity contribution < 1.29 is 15.0 Å². The third kappa shape index (κ3) is 3.89. The van der Waals surface area contributed by atoms with Gasteiger partial charge in [-0.3, -0.25) is 4.90 Å². The summed E-state index contributed by atoms with van der Waals surface area (Å²) in [4.78, 5) is 12.3. The summed E-state index contributed by atoms with van der Waals surface area (Å²) >= 11 is 0. The van der Waals surface area contributed by atoms with Gasteiger partial charge in [0.25, 0.3) is 0 Å². The van der Waals surface area contributed by atoms with Crippen LogP contribution in [0.1, 0.15) is 13.3 Å². The van der Waals surface area contributed by atoms with Crippen LogP contribution in [0.3, 0.4) is 0 Å². The van der Waals surface area contributed by atoms with Gasteiger partial charge in [0, 0.05) is 25.7 Å². The molecule has 14 heavy (non-hydrogen) atoms. The summed E-state index contributed by atoms with van der Waals surface area (Å²) in [6.45, 7) is 4.28. The van der Waals surface area contributed by atoms with Gasteiger partial charge in [0.15, 0.2) is 0 Å². The summed E-state index contributed by atoms with van der Waals surface area (Å²) in [5, 5.41) is 17.9. The third-order valence-electron chi connectivity index (χ3n) is 2.34. The summed E-state index contributed by atoms with van der Waals surface area (Å²) in [6.07, 6.45) is 3.34. The van der Waals surface area contributed by atoms with Gasteiger partial charge in [0.1, 0.15) is 0 Å². The van der Waals surface area contributed by atoms with Gasteiger partial charge in [-0.1, -0.05) is 13.0 Å². The van der Waals surface area contributed by atoms with Crippen LogP contribution in [0.15, 0.2) is 12.2 Å². The SMILES string of the molecule is C[C@@H]1C[C@H](O)CN(C/C=C/C(=O)O)C1. The number of carboxylic acid groups (broad SMARTS) is 1. The summed E-state index contributed by atoms with van der Waals surface area (Å²) in [6, 6.07) is 0. The number of aliphatic carboxylic acids is 1. The molecule has 0 saturated carbocycles. The lowest BCUT2D eigenvalue weighted by molar-refractivity contribution is -0.131. The third-order valence-corrected chi connectivity index (χ3v) is 2.34. The highest BCUT2D eigenvalue weighted by atomic mass is 16.4. The fourth-order valence-corrected chi connectivity index (χ4v) is 1.88. The van der Waals surface area contributed by atoms with Crippen LogP contribution in [0.2, 0.25) is 0 Å². The van der Waals surface area contributed by atoms with Crippen LogP contribution in [0, 0.1) is 5.92 Å². The van der Waals surface area contributed by atoms with Crippen molar-refractivity contribution in [3.63, 3.8) is 0 Å². The van der Waals surface area contributed by atoms with Crippen molar-refractivity contribution >= 4 is 5.97 Å². The number of aliphatic hydroxyl groups is 1. The van der Waals surface area contributed by atoms with Crippen LogP contribution in [0.25, 0.3) is 0 Å². The van der Waals surface area contributed by atoms with Crippen molar-refractivity contribution in [3.8, 4) is 0 Å². The number of aliphatic hydroxyl groups excluding tert-OH is 1. The predicted octanol–water partition coefficient (Wildman–Crippen LogP) is 0.330. The van der Waals surface area contributed by atoms with Crippen LogP contribution in [0.4, 0.5) is 0 Å². The summed E-state index contributed by atoms with van der Waals surface area (Å²) in [5.41, 5.74) is 0.